The standard InChI is InChI=1S/C19H19BrN4OS/c1-3-24-18(14-9-5-6-10-15(14)20)22-23-19(24)26-12-17(25)21-16-11-7-4-8-13(16)2/h4-11H,3,12H2,1-2H3,(H,21,25). The second kappa shape index (κ2) is 8.51. The third kappa shape index (κ3) is 4.16. The number of aromatic nitrogens is 3. The molecule has 3 rings (SSSR count). The summed E-state index contributed by atoms with van der Waals surface area (Å²) in [6.07, 6.45) is 0. The topological polar surface area (TPSA) is 59.8 Å². The number of halogens is 1. The van der Waals surface area contributed by atoms with Crippen LogP contribution in [0.5, 0.6) is 0 Å². The summed E-state index contributed by atoms with van der Waals surface area (Å²) in [6, 6.07) is 15.6. The molecule has 26 heavy (non-hydrogen) atoms. The fraction of sp³-hybridized carbons (Fsp3) is 0.211. The normalized spacial score (nSPS) is 10.7. The first-order chi connectivity index (χ1) is 12.6. The van der Waals surface area contributed by atoms with Crippen molar-refractivity contribution in [1.29, 1.82) is 0 Å². The molecule has 0 aliphatic heterocycles. The molecule has 0 atom stereocenters. The molecule has 7 heteroatoms. The van der Waals surface area contributed by atoms with Gasteiger partial charge in [-0.2, -0.15) is 0 Å². The number of nitrogens with one attached hydrogen (secondary N) is 1. The van der Waals surface area contributed by atoms with Gasteiger partial charge < -0.3 is 9.88 Å². The zero-order chi connectivity index (χ0) is 18.5. The van der Waals surface area contributed by atoms with Gasteiger partial charge in [0.25, 0.3) is 0 Å². The van der Waals surface area contributed by atoms with Gasteiger partial charge in [-0.25, -0.2) is 0 Å². The number of hydrogen-bond acceptors (Lipinski definition) is 4. The van der Waals surface area contributed by atoms with E-state index in [0.717, 1.165) is 38.8 Å². The molecule has 1 aromatic heterocycles. The maximum Gasteiger partial charge on any atom is 0.234 e. The van der Waals surface area contributed by atoms with Crippen LogP contribution in [0.1, 0.15) is 12.5 Å². The Morgan fingerprint density at radius 2 is 1.88 bits per heavy atom. The molecule has 134 valence electrons. The molecule has 0 aliphatic rings. The number of aryl methyl sites for hydroxylation is 1. The van der Waals surface area contributed by atoms with E-state index in [4.69, 9.17) is 0 Å². The van der Waals surface area contributed by atoms with Crippen molar-refractivity contribution in [2.75, 3.05) is 11.1 Å². The summed E-state index contributed by atoms with van der Waals surface area (Å²) in [5.74, 6) is 1.02. The lowest BCUT2D eigenvalue weighted by molar-refractivity contribution is -0.113. The van der Waals surface area contributed by atoms with Crippen molar-refractivity contribution in [3.63, 3.8) is 0 Å². The molecule has 0 bridgehead atoms. The first-order valence-electron chi connectivity index (χ1n) is 8.26. The van der Waals surface area contributed by atoms with E-state index in [9.17, 15) is 4.79 Å². The minimum absolute atomic E-state index is 0.0580. The van der Waals surface area contributed by atoms with Crippen LogP contribution in [0.25, 0.3) is 11.4 Å². The molecule has 1 amide bonds. The molecule has 3 aromatic rings. The van der Waals surface area contributed by atoms with Gasteiger partial charge in [-0.05, 0) is 31.5 Å². The van der Waals surface area contributed by atoms with Crippen molar-refractivity contribution >= 4 is 39.3 Å². The number of rotatable bonds is 6. The Hall–Kier alpha value is -2.12. The number of anilines is 1. The molecule has 0 fully saturated rings. The van der Waals surface area contributed by atoms with Gasteiger partial charge in [0.1, 0.15) is 0 Å². The van der Waals surface area contributed by atoms with E-state index >= 15 is 0 Å². The summed E-state index contributed by atoms with van der Waals surface area (Å²) in [5, 5.41) is 12.3. The van der Waals surface area contributed by atoms with E-state index in [1.807, 2.05) is 66.9 Å². The van der Waals surface area contributed by atoms with Crippen molar-refractivity contribution in [3.05, 3.63) is 58.6 Å². The number of amides is 1. The first kappa shape index (κ1) is 18.7. The van der Waals surface area contributed by atoms with Crippen LogP contribution in [0.15, 0.2) is 58.2 Å². The number of carbonyl (C=O) groups excluding carboxylic acids is 1. The van der Waals surface area contributed by atoms with E-state index in [2.05, 4.69) is 31.4 Å². The van der Waals surface area contributed by atoms with E-state index in [1.165, 1.54) is 11.8 Å². The number of carbonyl (C=O) groups is 1. The Kier molecular flexibility index (Phi) is 6.11. The number of nitrogens with zero attached hydrogens (tertiary/aromatic N) is 3. The summed E-state index contributed by atoms with van der Waals surface area (Å²) >= 11 is 4.95. The Labute approximate surface area is 165 Å². The SMILES string of the molecule is CCn1c(SCC(=O)Nc2ccccc2C)nnc1-c1ccccc1Br. The zero-order valence-electron chi connectivity index (χ0n) is 14.6. The highest BCUT2D eigenvalue weighted by molar-refractivity contribution is 9.10. The van der Waals surface area contributed by atoms with Gasteiger partial charge in [-0.3, -0.25) is 4.79 Å². The minimum Gasteiger partial charge on any atom is -0.325 e. The smallest absolute Gasteiger partial charge is 0.234 e. The predicted octanol–water partition coefficient (Wildman–Crippen LogP) is 4.77. The van der Waals surface area contributed by atoms with Gasteiger partial charge in [-0.1, -0.05) is 64.1 Å². The van der Waals surface area contributed by atoms with E-state index in [-0.39, 0.29) is 11.7 Å². The summed E-state index contributed by atoms with van der Waals surface area (Å²) in [6.45, 7) is 4.74. The lowest BCUT2D eigenvalue weighted by atomic mass is 10.2. The lowest BCUT2D eigenvalue weighted by Gasteiger charge is -2.09. The summed E-state index contributed by atoms with van der Waals surface area (Å²) in [7, 11) is 0. The van der Waals surface area contributed by atoms with Crippen LogP contribution in [0, 0.1) is 6.92 Å². The van der Waals surface area contributed by atoms with Crippen LogP contribution in [0.4, 0.5) is 5.69 Å². The van der Waals surface area contributed by atoms with Crippen LogP contribution in [0.3, 0.4) is 0 Å². The fourth-order valence-corrected chi connectivity index (χ4v) is 3.82. The predicted molar refractivity (Wildman–Crippen MR) is 109 cm³/mol. The summed E-state index contributed by atoms with van der Waals surface area (Å²) in [5.41, 5.74) is 2.86. The average Bonchev–Trinajstić information content (AvgIpc) is 3.05. The molecule has 0 unspecified atom stereocenters. The highest BCUT2D eigenvalue weighted by Gasteiger charge is 2.16. The lowest BCUT2D eigenvalue weighted by Crippen LogP contribution is -2.15. The molecule has 5 nitrogen and oxygen atoms in total. The molecular weight excluding hydrogens is 412 g/mol. The largest absolute Gasteiger partial charge is 0.325 e. The van der Waals surface area contributed by atoms with E-state index in [1.54, 1.807) is 0 Å². The third-order valence-electron chi connectivity index (χ3n) is 3.90. The zero-order valence-corrected chi connectivity index (χ0v) is 17.0. The highest BCUT2D eigenvalue weighted by Crippen LogP contribution is 2.29. The van der Waals surface area contributed by atoms with E-state index < -0.39 is 0 Å². The maximum atomic E-state index is 12.3. The molecule has 0 saturated carbocycles. The van der Waals surface area contributed by atoms with Crippen LogP contribution in [-0.4, -0.2) is 26.4 Å². The molecule has 0 saturated heterocycles. The molecule has 0 radical (unpaired) electrons. The van der Waals surface area contributed by atoms with Gasteiger partial charge in [0.05, 0.1) is 5.75 Å². The Balaban J connectivity index is 1.72. The molecular formula is C19H19BrN4OS. The van der Waals surface area contributed by atoms with E-state index in [0.29, 0.717) is 0 Å². The third-order valence-corrected chi connectivity index (χ3v) is 5.56. The highest BCUT2D eigenvalue weighted by atomic mass is 79.9. The van der Waals surface area contributed by atoms with Crippen molar-refractivity contribution < 1.29 is 4.79 Å². The molecule has 0 aliphatic carbocycles. The Morgan fingerprint density at radius 3 is 2.62 bits per heavy atom. The molecule has 0 spiro atoms. The number of hydrogen-bond donors (Lipinski definition) is 1. The van der Waals surface area contributed by atoms with Crippen LogP contribution >= 0.6 is 27.7 Å². The molecule has 1 heterocycles. The minimum atomic E-state index is -0.0580. The first-order valence-corrected chi connectivity index (χ1v) is 10.0. The van der Waals surface area contributed by atoms with Crippen molar-refractivity contribution in [3.8, 4) is 11.4 Å². The quantitative estimate of drug-likeness (QED) is 0.572. The second-order valence-electron chi connectivity index (χ2n) is 5.68. The summed E-state index contributed by atoms with van der Waals surface area (Å²) in [4.78, 5) is 12.3. The molecule has 1 N–H and O–H groups in total. The number of para-hydroxylation sites is 1. The Bertz CT molecular complexity index is 925. The van der Waals surface area contributed by atoms with Crippen LogP contribution in [-0.2, 0) is 11.3 Å². The van der Waals surface area contributed by atoms with Gasteiger partial charge in [0.2, 0.25) is 5.91 Å². The maximum absolute atomic E-state index is 12.3. The fourth-order valence-electron chi connectivity index (χ4n) is 2.55. The Morgan fingerprint density at radius 1 is 1.15 bits per heavy atom. The number of benzene rings is 2. The van der Waals surface area contributed by atoms with Crippen molar-refractivity contribution in [2.24, 2.45) is 0 Å². The van der Waals surface area contributed by atoms with Crippen LogP contribution < -0.4 is 5.32 Å². The van der Waals surface area contributed by atoms with Gasteiger partial charge in [0.15, 0.2) is 11.0 Å². The second-order valence-corrected chi connectivity index (χ2v) is 7.48. The van der Waals surface area contributed by atoms with Crippen molar-refractivity contribution in [2.45, 2.75) is 25.5 Å². The van der Waals surface area contributed by atoms with Gasteiger partial charge in [-0.15, -0.1) is 10.2 Å². The van der Waals surface area contributed by atoms with Gasteiger partial charge >= 0.3 is 0 Å². The number of thioether (sulfide) groups is 1. The monoisotopic (exact) mass is 430 g/mol. The average molecular weight is 431 g/mol. The molecule has 2 aromatic carbocycles. The van der Waals surface area contributed by atoms with Gasteiger partial charge in [0, 0.05) is 22.3 Å². The summed E-state index contributed by atoms with van der Waals surface area (Å²) < 4.78 is 2.99. The van der Waals surface area contributed by atoms with Crippen molar-refractivity contribution in [1.82, 2.24) is 14.8 Å². The van der Waals surface area contributed by atoms with Crippen LogP contribution in [0.2, 0.25) is 0 Å².